The fourth-order valence-electron chi connectivity index (χ4n) is 2.71. The summed E-state index contributed by atoms with van der Waals surface area (Å²) in [6, 6.07) is 6.04. The molecule has 1 N–H and O–H groups in total. The van der Waals surface area contributed by atoms with E-state index < -0.39 is 10.0 Å². The minimum absolute atomic E-state index is 0.0498. The maximum atomic E-state index is 12.5. The van der Waals surface area contributed by atoms with Crippen molar-refractivity contribution in [3.05, 3.63) is 47.7 Å². The zero-order chi connectivity index (χ0) is 18.3. The normalized spacial score (nSPS) is 17.3. The Morgan fingerprint density at radius 2 is 1.92 bits per heavy atom. The molecule has 2 fully saturated rings. The first-order valence-electron chi connectivity index (χ1n) is 8.75. The lowest BCUT2D eigenvalue weighted by molar-refractivity contribution is 0.0772. The second-order valence-corrected chi connectivity index (χ2v) is 8.73. The number of hydrogen-bond acceptors (Lipinski definition) is 5. The summed E-state index contributed by atoms with van der Waals surface area (Å²) in [7, 11) is -1.84. The Morgan fingerprint density at radius 3 is 2.54 bits per heavy atom. The first kappa shape index (κ1) is 17.2. The number of carbonyl (C=O) groups excluding carboxylic acids is 1. The number of aromatic nitrogens is 1. The number of carbonyl (C=O) groups is 1. The molecule has 8 heteroatoms. The van der Waals surface area contributed by atoms with E-state index in [1.807, 2.05) is 0 Å². The summed E-state index contributed by atoms with van der Waals surface area (Å²) in [5.41, 5.74) is 0.423. The third kappa shape index (κ3) is 3.81. The van der Waals surface area contributed by atoms with Crippen molar-refractivity contribution in [3.63, 3.8) is 0 Å². The quantitative estimate of drug-likeness (QED) is 0.801. The van der Waals surface area contributed by atoms with Crippen LogP contribution < -0.4 is 4.72 Å². The molecule has 26 heavy (non-hydrogen) atoms. The molecule has 1 aromatic carbocycles. The van der Waals surface area contributed by atoms with Crippen LogP contribution in [0.3, 0.4) is 0 Å². The molecule has 2 aliphatic carbocycles. The maximum absolute atomic E-state index is 12.5. The van der Waals surface area contributed by atoms with Crippen molar-refractivity contribution in [1.29, 1.82) is 0 Å². The molecule has 1 heterocycles. The highest BCUT2D eigenvalue weighted by Gasteiger charge is 2.29. The van der Waals surface area contributed by atoms with Crippen LogP contribution in [0.25, 0.3) is 0 Å². The minimum atomic E-state index is -3.51. The number of sulfonamides is 1. The van der Waals surface area contributed by atoms with Gasteiger partial charge in [-0.05, 0) is 49.9 Å². The van der Waals surface area contributed by atoms with Crippen molar-refractivity contribution in [2.75, 3.05) is 7.05 Å². The third-order valence-corrected chi connectivity index (χ3v) is 6.12. The second-order valence-electron chi connectivity index (χ2n) is 7.01. The summed E-state index contributed by atoms with van der Waals surface area (Å²) < 4.78 is 32.6. The topological polar surface area (TPSA) is 92.5 Å². The van der Waals surface area contributed by atoms with Crippen molar-refractivity contribution in [3.8, 4) is 0 Å². The van der Waals surface area contributed by atoms with E-state index in [4.69, 9.17) is 4.42 Å². The average molecular weight is 375 g/mol. The molecule has 0 aliphatic heterocycles. The Hall–Kier alpha value is -2.19. The zero-order valence-electron chi connectivity index (χ0n) is 14.5. The van der Waals surface area contributed by atoms with Crippen molar-refractivity contribution in [1.82, 2.24) is 14.6 Å². The van der Waals surface area contributed by atoms with E-state index >= 15 is 0 Å². The van der Waals surface area contributed by atoms with Crippen molar-refractivity contribution in [2.45, 2.75) is 49.1 Å². The van der Waals surface area contributed by atoms with Gasteiger partial charge in [0.1, 0.15) is 5.76 Å². The van der Waals surface area contributed by atoms with E-state index in [1.165, 1.54) is 29.2 Å². The van der Waals surface area contributed by atoms with Gasteiger partial charge in [0.2, 0.25) is 15.9 Å². The number of benzene rings is 1. The number of nitrogens with one attached hydrogen (secondary N) is 1. The molecule has 0 radical (unpaired) electrons. The lowest BCUT2D eigenvalue weighted by atomic mass is 10.2. The predicted octanol–water partition coefficient (Wildman–Crippen LogP) is 2.26. The Bertz CT molecular complexity index is 912. The van der Waals surface area contributed by atoms with Gasteiger partial charge in [0.15, 0.2) is 0 Å². The molecule has 2 saturated carbocycles. The summed E-state index contributed by atoms with van der Waals surface area (Å²) in [5, 5.41) is 0. The molecule has 0 saturated heterocycles. The fraction of sp³-hybridized carbons (Fsp3) is 0.444. The fourth-order valence-corrected chi connectivity index (χ4v) is 4.02. The van der Waals surface area contributed by atoms with Gasteiger partial charge in [0, 0.05) is 24.6 Å². The van der Waals surface area contributed by atoms with E-state index in [2.05, 4.69) is 9.71 Å². The van der Waals surface area contributed by atoms with Crippen LogP contribution in [0.4, 0.5) is 0 Å². The molecule has 0 unspecified atom stereocenters. The molecule has 0 atom stereocenters. The van der Waals surface area contributed by atoms with Crippen LogP contribution in [0.5, 0.6) is 0 Å². The van der Waals surface area contributed by atoms with Crippen LogP contribution in [-0.4, -0.2) is 37.3 Å². The van der Waals surface area contributed by atoms with E-state index in [-0.39, 0.29) is 23.4 Å². The number of amides is 1. The van der Waals surface area contributed by atoms with E-state index in [0.717, 1.165) is 31.4 Å². The summed E-state index contributed by atoms with van der Waals surface area (Å²) in [6.45, 7) is 0.273. The highest BCUT2D eigenvalue weighted by atomic mass is 32.2. The van der Waals surface area contributed by atoms with Gasteiger partial charge >= 0.3 is 0 Å². The molecule has 0 spiro atoms. The van der Waals surface area contributed by atoms with Crippen molar-refractivity contribution in [2.24, 2.45) is 0 Å². The second kappa shape index (κ2) is 6.51. The standard InChI is InChI=1S/C18H21N3O4S/c1-21(11-17-19-10-16(25-17)12-2-3-12)18(22)13-4-8-15(9-5-13)26(23,24)20-14-6-7-14/h4-5,8-10,12,14,20H,2-3,6-7,11H2,1H3. The van der Waals surface area contributed by atoms with Gasteiger partial charge in [-0.3, -0.25) is 4.79 Å². The molecule has 1 amide bonds. The highest BCUT2D eigenvalue weighted by molar-refractivity contribution is 7.89. The van der Waals surface area contributed by atoms with Gasteiger partial charge in [-0.2, -0.15) is 0 Å². The zero-order valence-corrected chi connectivity index (χ0v) is 15.3. The molecule has 0 bridgehead atoms. The Kier molecular flexibility index (Phi) is 4.32. The smallest absolute Gasteiger partial charge is 0.254 e. The molecular weight excluding hydrogens is 354 g/mol. The number of rotatable bonds is 7. The monoisotopic (exact) mass is 375 g/mol. The van der Waals surface area contributed by atoms with Crippen LogP contribution in [-0.2, 0) is 16.6 Å². The molecule has 138 valence electrons. The van der Waals surface area contributed by atoms with Gasteiger partial charge in [0.05, 0.1) is 17.6 Å². The van der Waals surface area contributed by atoms with Crippen LogP contribution in [0.1, 0.15) is 53.6 Å². The van der Waals surface area contributed by atoms with Gasteiger partial charge in [0.25, 0.3) is 5.91 Å². The SMILES string of the molecule is CN(Cc1ncc(C2CC2)o1)C(=O)c1ccc(S(=O)(=O)NC2CC2)cc1. The van der Waals surface area contributed by atoms with E-state index in [1.54, 1.807) is 13.2 Å². The van der Waals surface area contributed by atoms with E-state index in [0.29, 0.717) is 17.4 Å². The van der Waals surface area contributed by atoms with Crippen LogP contribution in [0, 0.1) is 0 Å². The largest absolute Gasteiger partial charge is 0.443 e. The minimum Gasteiger partial charge on any atom is -0.443 e. The molecule has 7 nitrogen and oxygen atoms in total. The molecule has 2 aromatic rings. The summed E-state index contributed by atoms with van der Waals surface area (Å²) in [5.74, 6) is 1.67. The lowest BCUT2D eigenvalue weighted by Crippen LogP contribution is -2.27. The number of nitrogens with zero attached hydrogens (tertiary/aromatic N) is 2. The van der Waals surface area contributed by atoms with Crippen LogP contribution in [0.2, 0.25) is 0 Å². The Labute approximate surface area is 152 Å². The number of hydrogen-bond donors (Lipinski definition) is 1. The highest BCUT2D eigenvalue weighted by Crippen LogP contribution is 2.40. The first-order chi connectivity index (χ1) is 12.4. The Balaban J connectivity index is 1.41. The molecule has 4 rings (SSSR count). The van der Waals surface area contributed by atoms with Crippen LogP contribution in [0.15, 0.2) is 39.8 Å². The molecule has 1 aromatic heterocycles. The number of oxazole rings is 1. The summed E-state index contributed by atoms with van der Waals surface area (Å²) >= 11 is 0. The van der Waals surface area contributed by atoms with Crippen molar-refractivity contribution >= 4 is 15.9 Å². The maximum Gasteiger partial charge on any atom is 0.254 e. The summed E-state index contributed by atoms with van der Waals surface area (Å²) in [4.78, 5) is 18.4. The average Bonchev–Trinajstić information content (AvgIpc) is 3.55. The van der Waals surface area contributed by atoms with Gasteiger partial charge in [-0.15, -0.1) is 0 Å². The van der Waals surface area contributed by atoms with Gasteiger partial charge in [-0.1, -0.05) is 0 Å². The van der Waals surface area contributed by atoms with Gasteiger partial charge < -0.3 is 9.32 Å². The lowest BCUT2D eigenvalue weighted by Gasteiger charge is -2.15. The van der Waals surface area contributed by atoms with Gasteiger partial charge in [-0.25, -0.2) is 18.1 Å². The first-order valence-corrected chi connectivity index (χ1v) is 10.2. The third-order valence-electron chi connectivity index (χ3n) is 4.58. The Morgan fingerprint density at radius 1 is 1.23 bits per heavy atom. The predicted molar refractivity (Wildman–Crippen MR) is 94.1 cm³/mol. The van der Waals surface area contributed by atoms with Crippen LogP contribution >= 0.6 is 0 Å². The van der Waals surface area contributed by atoms with Crippen molar-refractivity contribution < 1.29 is 17.6 Å². The molecule has 2 aliphatic rings. The summed E-state index contributed by atoms with van der Waals surface area (Å²) in [6.07, 6.45) is 5.76. The molecular formula is C18H21N3O4S. The van der Waals surface area contributed by atoms with E-state index in [9.17, 15) is 13.2 Å².